The Balaban J connectivity index is 2.23. The van der Waals surface area contributed by atoms with E-state index in [1.807, 2.05) is 6.92 Å². The molecule has 1 aliphatic rings. The molecule has 1 saturated heterocycles. The Morgan fingerprint density at radius 2 is 2.35 bits per heavy atom. The summed E-state index contributed by atoms with van der Waals surface area (Å²) in [5, 5.41) is 21.9. The number of anilines is 1. The van der Waals surface area contributed by atoms with E-state index in [-0.39, 0.29) is 18.1 Å². The number of imidazole rings is 1. The van der Waals surface area contributed by atoms with Gasteiger partial charge in [0.15, 0.2) is 11.9 Å². The summed E-state index contributed by atoms with van der Waals surface area (Å²) >= 11 is 0. The highest BCUT2D eigenvalue weighted by Gasteiger charge is 2.45. The number of aliphatic hydroxyl groups is 2. The van der Waals surface area contributed by atoms with Gasteiger partial charge < -0.3 is 36.5 Å². The van der Waals surface area contributed by atoms with E-state index in [2.05, 4.69) is 10.3 Å². The summed E-state index contributed by atoms with van der Waals surface area (Å²) in [6.45, 7) is 1.46. The predicted molar refractivity (Wildman–Crippen MR) is 80.2 cm³/mol. The first-order valence-corrected chi connectivity index (χ1v) is 7.30. The highest BCUT2D eigenvalue weighted by atomic mass is 16.6. The zero-order chi connectivity index (χ0) is 17.1. The monoisotopic (exact) mass is 329 g/mol. The molecule has 1 amide bonds. The molecule has 0 spiro atoms. The first kappa shape index (κ1) is 17.6. The van der Waals surface area contributed by atoms with Crippen LogP contribution in [0.25, 0.3) is 0 Å². The van der Waals surface area contributed by atoms with Crippen molar-refractivity contribution in [3.05, 3.63) is 12.0 Å². The Kier molecular flexibility index (Phi) is 5.55. The molecule has 0 aliphatic carbocycles. The number of carbonyl (C=O) groups is 1. The maximum Gasteiger partial charge on any atom is 0.274 e. The third-order valence-corrected chi connectivity index (χ3v) is 3.84. The van der Waals surface area contributed by atoms with Crippen LogP contribution in [0.3, 0.4) is 0 Å². The molecule has 23 heavy (non-hydrogen) atoms. The Morgan fingerprint density at radius 1 is 1.65 bits per heavy atom. The Morgan fingerprint density at radius 3 is 2.91 bits per heavy atom. The number of nitrogen functional groups attached to an aromatic ring is 1. The fraction of sp³-hybridized carbons (Fsp3) is 0.692. The topological polar surface area (TPSA) is 158 Å². The van der Waals surface area contributed by atoms with Crippen molar-refractivity contribution in [1.29, 1.82) is 0 Å². The molecule has 10 heteroatoms. The third-order valence-electron chi connectivity index (χ3n) is 3.84. The lowest BCUT2D eigenvalue weighted by atomic mass is 10.1. The number of nitrogens with two attached hydrogens (primary N) is 2. The van der Waals surface area contributed by atoms with Gasteiger partial charge in [-0.05, 0) is 6.42 Å². The molecule has 1 aromatic rings. The van der Waals surface area contributed by atoms with Crippen LogP contribution in [-0.4, -0.2) is 63.9 Å². The van der Waals surface area contributed by atoms with Gasteiger partial charge in [0.05, 0.1) is 19.1 Å². The van der Waals surface area contributed by atoms with Gasteiger partial charge in [-0.3, -0.25) is 9.36 Å². The Hall–Kier alpha value is -1.72. The smallest absolute Gasteiger partial charge is 0.274 e. The summed E-state index contributed by atoms with van der Waals surface area (Å²) < 4.78 is 12.2. The third kappa shape index (κ3) is 3.31. The minimum absolute atomic E-state index is 0.00860. The van der Waals surface area contributed by atoms with Crippen molar-refractivity contribution in [3.63, 3.8) is 0 Å². The van der Waals surface area contributed by atoms with E-state index in [1.165, 1.54) is 18.0 Å². The number of nitrogens with one attached hydrogen (secondary N) is 1. The van der Waals surface area contributed by atoms with E-state index >= 15 is 0 Å². The van der Waals surface area contributed by atoms with Gasteiger partial charge in [0, 0.05) is 7.11 Å². The van der Waals surface area contributed by atoms with E-state index in [0.717, 1.165) is 0 Å². The summed E-state index contributed by atoms with van der Waals surface area (Å²) in [6.07, 6.45) is -2.00. The number of rotatable bonds is 6. The first-order chi connectivity index (χ1) is 10.9. The summed E-state index contributed by atoms with van der Waals surface area (Å²) in [6, 6.07) is 0. The van der Waals surface area contributed by atoms with Gasteiger partial charge in [0.2, 0.25) is 0 Å². The number of hydrogen-bond acceptors (Lipinski definition) is 8. The molecule has 130 valence electrons. The molecule has 0 radical (unpaired) electrons. The van der Waals surface area contributed by atoms with E-state index in [9.17, 15) is 15.0 Å². The van der Waals surface area contributed by atoms with E-state index < -0.39 is 36.6 Å². The number of hydrogen-bond donors (Lipinski definition) is 5. The molecular formula is C13H23N5O5. The van der Waals surface area contributed by atoms with Gasteiger partial charge in [-0.15, -0.1) is 0 Å². The number of aromatic nitrogens is 2. The van der Waals surface area contributed by atoms with Crippen molar-refractivity contribution in [3.8, 4) is 0 Å². The van der Waals surface area contributed by atoms with E-state index in [0.29, 0.717) is 6.42 Å². The van der Waals surface area contributed by atoms with Crippen molar-refractivity contribution < 1.29 is 24.5 Å². The van der Waals surface area contributed by atoms with Crippen LogP contribution in [-0.2, 0) is 9.47 Å². The Bertz CT molecular complexity index is 551. The van der Waals surface area contributed by atoms with E-state index in [4.69, 9.17) is 20.9 Å². The van der Waals surface area contributed by atoms with Crippen molar-refractivity contribution in [2.24, 2.45) is 5.73 Å². The lowest BCUT2D eigenvalue weighted by molar-refractivity contribution is -0.0590. The average Bonchev–Trinajstić information content (AvgIpc) is 3.06. The summed E-state index contributed by atoms with van der Waals surface area (Å²) in [5.41, 5.74) is 11.7. The van der Waals surface area contributed by atoms with Crippen LogP contribution in [0, 0.1) is 0 Å². The second-order valence-electron chi connectivity index (χ2n) is 5.31. The zero-order valence-corrected chi connectivity index (χ0v) is 13.0. The van der Waals surface area contributed by atoms with Crippen molar-refractivity contribution >= 4 is 11.7 Å². The number of carbonyl (C=O) groups excluding carboxylic acids is 1. The second-order valence-corrected chi connectivity index (χ2v) is 5.31. The standard InChI is InChI=1S/C13H23N5O5/c1-3-7(14)17-12(21)8-11(15)18(5-16-8)13-10(22-2)9(20)6(4-19)23-13/h5-7,9-10,13,19-20H,3-4,14-15H2,1-2H3,(H,17,21)/t6-,7?,9?,10?,13-/m1/s1. The van der Waals surface area contributed by atoms with Crippen LogP contribution < -0.4 is 16.8 Å². The van der Waals surface area contributed by atoms with Gasteiger partial charge >= 0.3 is 0 Å². The highest BCUT2D eigenvalue weighted by Crippen LogP contribution is 2.33. The van der Waals surface area contributed by atoms with E-state index in [1.54, 1.807) is 0 Å². The normalized spacial score (nSPS) is 28.7. The van der Waals surface area contributed by atoms with Gasteiger partial charge in [-0.1, -0.05) is 6.92 Å². The number of methoxy groups -OCH3 is 1. The van der Waals surface area contributed by atoms with Crippen molar-refractivity contribution in [2.75, 3.05) is 19.5 Å². The highest BCUT2D eigenvalue weighted by molar-refractivity contribution is 5.96. The van der Waals surface area contributed by atoms with Crippen LogP contribution in [0.15, 0.2) is 6.33 Å². The predicted octanol–water partition coefficient (Wildman–Crippen LogP) is -1.84. The van der Waals surface area contributed by atoms with Crippen LogP contribution in [0.4, 0.5) is 5.82 Å². The molecular weight excluding hydrogens is 306 g/mol. The molecule has 2 rings (SSSR count). The van der Waals surface area contributed by atoms with Crippen LogP contribution in [0.2, 0.25) is 0 Å². The summed E-state index contributed by atoms with van der Waals surface area (Å²) in [4.78, 5) is 16.1. The van der Waals surface area contributed by atoms with Crippen LogP contribution in [0.5, 0.6) is 0 Å². The molecule has 0 aromatic carbocycles. The number of nitrogens with zero attached hydrogens (tertiary/aromatic N) is 2. The lowest BCUT2D eigenvalue weighted by Crippen LogP contribution is -2.41. The quantitative estimate of drug-likeness (QED) is 0.381. The minimum atomic E-state index is -1.03. The molecule has 5 atom stereocenters. The minimum Gasteiger partial charge on any atom is -0.394 e. The zero-order valence-electron chi connectivity index (χ0n) is 13.0. The lowest BCUT2D eigenvalue weighted by Gasteiger charge is -2.20. The second kappa shape index (κ2) is 7.23. The molecule has 1 aliphatic heterocycles. The first-order valence-electron chi connectivity index (χ1n) is 7.30. The fourth-order valence-electron chi connectivity index (χ4n) is 2.44. The molecule has 2 heterocycles. The van der Waals surface area contributed by atoms with Crippen molar-refractivity contribution in [2.45, 2.75) is 44.1 Å². The Labute approximate surface area is 133 Å². The van der Waals surface area contributed by atoms with Crippen molar-refractivity contribution in [1.82, 2.24) is 14.9 Å². The maximum atomic E-state index is 12.1. The number of aliphatic hydroxyl groups excluding tert-OH is 2. The van der Waals surface area contributed by atoms with Gasteiger partial charge in [-0.2, -0.15) is 0 Å². The molecule has 3 unspecified atom stereocenters. The molecule has 0 saturated carbocycles. The molecule has 10 nitrogen and oxygen atoms in total. The van der Waals surface area contributed by atoms with Gasteiger partial charge in [0.25, 0.3) is 5.91 Å². The fourth-order valence-corrected chi connectivity index (χ4v) is 2.44. The summed E-state index contributed by atoms with van der Waals surface area (Å²) in [7, 11) is 1.41. The molecule has 7 N–H and O–H groups in total. The molecule has 0 bridgehead atoms. The largest absolute Gasteiger partial charge is 0.394 e. The van der Waals surface area contributed by atoms with Crippen LogP contribution >= 0.6 is 0 Å². The number of ether oxygens (including phenoxy) is 2. The van der Waals surface area contributed by atoms with Crippen LogP contribution in [0.1, 0.15) is 30.1 Å². The average molecular weight is 329 g/mol. The van der Waals surface area contributed by atoms with Gasteiger partial charge in [0.1, 0.15) is 24.1 Å². The molecule has 1 aromatic heterocycles. The summed E-state index contributed by atoms with van der Waals surface area (Å²) in [5.74, 6) is -0.439. The SMILES string of the molecule is CCC(N)NC(=O)c1ncn([C@@H]2O[C@H](CO)C(O)C2OC)c1N. The number of amides is 1. The van der Waals surface area contributed by atoms with Gasteiger partial charge in [-0.25, -0.2) is 4.98 Å². The maximum absolute atomic E-state index is 12.1. The molecule has 1 fully saturated rings.